The second-order valence-corrected chi connectivity index (χ2v) is 50.4. The minimum atomic E-state index is 0.548. The molecule has 0 nitrogen and oxygen atoms in total. The first-order chi connectivity index (χ1) is 46.9. The minimum absolute atomic E-state index is 0.548. The van der Waals surface area contributed by atoms with E-state index in [1.807, 2.05) is 0 Å². The van der Waals surface area contributed by atoms with Gasteiger partial charge in [-0.25, -0.2) is 0 Å². The zero-order chi connectivity index (χ0) is 71.2. The summed E-state index contributed by atoms with van der Waals surface area (Å²) in [5, 5.41) is 0. The van der Waals surface area contributed by atoms with Crippen molar-refractivity contribution in [3.05, 3.63) is 0 Å². The fraction of sp³-hybridized carbons (Fsp3) is 1.00. The molecule has 0 aromatic rings. The SMILES string of the molecule is CC(C)(C)C1CCC2(CC1)CC1CC(C1)C2.CC(C)(C)C1CCC2(CC1)CC1CCC2CC1.CC(C)(C)C1CCC2(CC1)CC1CCCC(C1)C2.CC(C)(C)C1CCC2(CC1)CC1CCCC2C1.CC(C)(C)C1CCC2(CC1)C[C@H]1CCC[C@H]1C2.CC(C)(C)C1CCC2(CC1)C[C@H]1C[C@H]1C2. The van der Waals surface area contributed by atoms with Crippen LogP contribution in [0.5, 0.6) is 0 Å². The standard InChI is InChI=1S/C18H32.3C17H30.C16H28.C15H26/c1-17(2,3)16-7-9-18(10-8-16)12-14-5-4-6-15(11-14)13-18;1-16(2,3)14-8-10-17(11-9-14)12-13-4-6-15(17)7-5-13;1-16(2,3)15-7-9-17(10-8-15)11-13-5-4-6-14(13)12-17;1-16(2,3)14-7-9-17(10-8-14)12-13-5-4-6-15(17)11-13;1-15(2,3)14-4-6-16(7-5-14)10-12-8-13(9-12)11-16;1-14(2,3)13-4-6-15(7-5-13)9-11-8-12(11)10-15/h14-16H,4-13H2,1-3H3;3*13-15H,4-12H2,1-3H3;12-14H,4-11H2,1-3H3;11-13H,4-10H2,1-3H3/t;;13-,14+,15?,17?;;;11-,12+,13?,15?. The lowest BCUT2D eigenvalue weighted by Gasteiger charge is -2.56. The molecule has 0 N–H and O–H groups in total. The van der Waals surface area contributed by atoms with Gasteiger partial charge in [0.1, 0.15) is 0 Å². The second-order valence-electron chi connectivity index (χ2n) is 50.4. The highest BCUT2D eigenvalue weighted by Crippen LogP contribution is 2.68. The Morgan fingerprint density at radius 3 is 0.760 bits per heavy atom. The molecule has 0 radical (unpaired) electrons. The van der Waals surface area contributed by atoms with Crippen LogP contribution in [0.2, 0.25) is 0 Å². The molecule has 0 aliphatic heterocycles. The van der Waals surface area contributed by atoms with Crippen molar-refractivity contribution < 1.29 is 0 Å². The Kier molecular flexibility index (Phi) is 23.4. The van der Waals surface area contributed by atoms with Gasteiger partial charge in [-0.15, -0.1) is 0 Å². The molecule has 4 unspecified atom stereocenters. The quantitative estimate of drug-likeness (QED) is 0.227. The van der Waals surface area contributed by atoms with E-state index in [0.29, 0.717) is 32.5 Å². The molecule has 100 heavy (non-hydrogen) atoms. The van der Waals surface area contributed by atoms with Crippen molar-refractivity contribution >= 4 is 0 Å². The highest BCUT2D eigenvalue weighted by molar-refractivity contribution is 5.08. The molecule has 0 amide bonds. The number of hydrogen-bond acceptors (Lipinski definition) is 0. The van der Waals surface area contributed by atoms with Gasteiger partial charge in [-0.3, -0.25) is 0 Å². The summed E-state index contributed by atoms with van der Waals surface area (Å²) >= 11 is 0. The van der Waals surface area contributed by atoms with Crippen molar-refractivity contribution in [3.63, 3.8) is 0 Å². The average Bonchev–Trinajstić information content (AvgIpc) is 0.838. The van der Waals surface area contributed by atoms with Crippen molar-refractivity contribution in [3.8, 4) is 0 Å². The fourth-order valence-corrected chi connectivity index (χ4v) is 31.3. The summed E-state index contributed by atoms with van der Waals surface area (Å²) in [5.41, 5.74) is 8.25. The van der Waals surface area contributed by atoms with E-state index in [4.69, 9.17) is 0 Å². The van der Waals surface area contributed by atoms with Gasteiger partial charge in [0.25, 0.3) is 0 Å². The Labute approximate surface area is 626 Å². The van der Waals surface area contributed by atoms with Crippen LogP contribution >= 0.6 is 0 Å². The van der Waals surface area contributed by atoms with E-state index in [1.54, 1.807) is 244 Å². The lowest BCUT2D eigenvalue weighted by molar-refractivity contribution is -0.0489. The molecule has 576 valence electrons. The lowest BCUT2D eigenvalue weighted by atomic mass is 9.49. The first-order valence-electron chi connectivity index (χ1n) is 46.9. The van der Waals surface area contributed by atoms with Crippen LogP contribution in [0.4, 0.5) is 0 Å². The first-order valence-corrected chi connectivity index (χ1v) is 46.9. The van der Waals surface area contributed by atoms with Crippen molar-refractivity contribution in [2.45, 2.75) is 459 Å². The number of rotatable bonds is 0. The van der Waals surface area contributed by atoms with Gasteiger partial charge in [0.15, 0.2) is 0 Å². The molecular formula is C100H176. The van der Waals surface area contributed by atoms with Crippen molar-refractivity contribution in [1.29, 1.82) is 0 Å². The minimum Gasteiger partial charge on any atom is -0.0599 e. The molecule has 20 aliphatic rings. The first kappa shape index (κ1) is 78.1. The molecule has 0 heterocycles. The summed E-state index contributed by atoms with van der Waals surface area (Å²) in [4.78, 5) is 0. The summed E-state index contributed by atoms with van der Waals surface area (Å²) in [6, 6.07) is 0. The van der Waals surface area contributed by atoms with E-state index in [-0.39, 0.29) is 0 Å². The van der Waals surface area contributed by atoms with Gasteiger partial charge in [-0.05, 0) is 441 Å². The Hall–Kier alpha value is 0. The van der Waals surface area contributed by atoms with Gasteiger partial charge in [0, 0.05) is 0 Å². The lowest BCUT2D eigenvalue weighted by Crippen LogP contribution is -2.45. The normalized spacial score (nSPS) is 46.9. The van der Waals surface area contributed by atoms with Crippen LogP contribution in [0, 0.1) is 172 Å². The zero-order valence-electron chi connectivity index (χ0n) is 71.2. The number of hydrogen-bond donors (Lipinski definition) is 0. The van der Waals surface area contributed by atoms with Gasteiger partial charge < -0.3 is 0 Å². The van der Waals surface area contributed by atoms with Crippen LogP contribution in [0.1, 0.15) is 459 Å². The third kappa shape index (κ3) is 18.4. The van der Waals surface area contributed by atoms with Crippen molar-refractivity contribution in [2.75, 3.05) is 0 Å². The van der Waals surface area contributed by atoms with Crippen LogP contribution in [0.3, 0.4) is 0 Å². The van der Waals surface area contributed by atoms with Gasteiger partial charge in [-0.1, -0.05) is 189 Å². The molecule has 0 saturated heterocycles. The Bertz CT molecular complexity index is 2430. The average molecular weight is 1380 g/mol. The third-order valence-electron chi connectivity index (χ3n) is 38.0. The van der Waals surface area contributed by atoms with E-state index < -0.39 is 0 Å². The van der Waals surface area contributed by atoms with Gasteiger partial charge >= 0.3 is 0 Å². The molecule has 0 aromatic carbocycles. The molecule has 0 heteroatoms. The zero-order valence-corrected chi connectivity index (χ0v) is 71.2. The Morgan fingerprint density at radius 1 is 0.180 bits per heavy atom. The summed E-state index contributed by atoms with van der Waals surface area (Å²) in [7, 11) is 0. The van der Waals surface area contributed by atoms with Crippen molar-refractivity contribution in [2.24, 2.45) is 172 Å². The topological polar surface area (TPSA) is 0 Å². The maximum absolute atomic E-state index is 2.45. The molecular weight excluding hydrogens is 1200 g/mol. The molecule has 6 spiro atoms. The van der Waals surface area contributed by atoms with Crippen LogP contribution in [0.25, 0.3) is 0 Å². The van der Waals surface area contributed by atoms with Crippen LogP contribution in [-0.4, -0.2) is 0 Å². The van der Waals surface area contributed by atoms with E-state index in [9.17, 15) is 0 Å². The summed E-state index contributed by atoms with van der Waals surface area (Å²) in [6.45, 7) is 44.0. The third-order valence-corrected chi connectivity index (χ3v) is 38.0. The molecule has 20 saturated carbocycles. The van der Waals surface area contributed by atoms with E-state index in [0.717, 1.165) is 127 Å². The Morgan fingerprint density at radius 2 is 0.440 bits per heavy atom. The molecule has 8 atom stereocenters. The predicted molar refractivity (Wildman–Crippen MR) is 434 cm³/mol. The van der Waals surface area contributed by atoms with Gasteiger partial charge in [0.2, 0.25) is 0 Å². The number of fused-ring (bicyclic) bond motifs is 9. The van der Waals surface area contributed by atoms with Crippen LogP contribution in [0.15, 0.2) is 0 Å². The Balaban J connectivity index is 0.000000108. The summed E-state index contributed by atoms with van der Waals surface area (Å²) < 4.78 is 0. The summed E-state index contributed by atoms with van der Waals surface area (Å²) in [5.74, 6) is 19.6. The molecule has 20 fully saturated rings. The predicted octanol–water partition coefficient (Wildman–Crippen LogP) is 31.7. The van der Waals surface area contributed by atoms with E-state index in [2.05, 4.69) is 125 Å². The smallest absolute Gasteiger partial charge is 0.0266 e. The van der Waals surface area contributed by atoms with Crippen LogP contribution < -0.4 is 0 Å². The fourth-order valence-electron chi connectivity index (χ4n) is 31.3. The van der Waals surface area contributed by atoms with E-state index in [1.165, 1.54) is 102 Å². The monoisotopic (exact) mass is 1380 g/mol. The largest absolute Gasteiger partial charge is 0.0599 e. The molecule has 0 aromatic heterocycles. The molecule has 8 bridgehead atoms. The van der Waals surface area contributed by atoms with Gasteiger partial charge in [0.05, 0.1) is 0 Å². The maximum atomic E-state index is 2.45. The highest BCUT2D eigenvalue weighted by atomic mass is 14.6. The molecule has 20 aliphatic carbocycles. The van der Waals surface area contributed by atoms with Crippen molar-refractivity contribution in [1.82, 2.24) is 0 Å². The maximum Gasteiger partial charge on any atom is -0.0266 e. The van der Waals surface area contributed by atoms with Crippen LogP contribution in [-0.2, 0) is 0 Å². The highest BCUT2D eigenvalue weighted by Gasteiger charge is 2.57. The second kappa shape index (κ2) is 30.0. The summed E-state index contributed by atoms with van der Waals surface area (Å²) in [6.07, 6.45) is 81.2. The van der Waals surface area contributed by atoms with E-state index >= 15 is 0 Å². The van der Waals surface area contributed by atoms with Gasteiger partial charge in [-0.2, -0.15) is 0 Å². The molecule has 20 rings (SSSR count).